The van der Waals surface area contributed by atoms with E-state index >= 15 is 0 Å². The van der Waals surface area contributed by atoms with Crippen LogP contribution in [0.4, 0.5) is 4.39 Å². The van der Waals surface area contributed by atoms with Crippen LogP contribution in [-0.4, -0.2) is 57.6 Å². The van der Waals surface area contributed by atoms with Crippen LogP contribution in [0.2, 0.25) is 0 Å². The molecule has 1 fully saturated rings. The van der Waals surface area contributed by atoms with Crippen molar-refractivity contribution in [2.75, 3.05) is 19.7 Å². The molecule has 2 atom stereocenters. The lowest BCUT2D eigenvalue weighted by molar-refractivity contribution is -0.132. The summed E-state index contributed by atoms with van der Waals surface area (Å²) in [6, 6.07) is 14.7. The lowest BCUT2D eigenvalue weighted by atomic mass is 10.0. The normalized spacial score (nSPS) is 18.1. The molecule has 2 aromatic carbocycles. The van der Waals surface area contributed by atoms with E-state index in [0.29, 0.717) is 30.5 Å². The van der Waals surface area contributed by atoms with Crippen LogP contribution in [0.5, 0.6) is 5.75 Å². The van der Waals surface area contributed by atoms with Gasteiger partial charge in [0, 0.05) is 25.6 Å². The fourth-order valence-corrected chi connectivity index (χ4v) is 3.62. The molecule has 1 aromatic heterocycles. The summed E-state index contributed by atoms with van der Waals surface area (Å²) in [5, 5.41) is 10.1. The fraction of sp³-hybridized carbons (Fsp3) is 0.273. The van der Waals surface area contributed by atoms with Crippen molar-refractivity contribution in [3.63, 3.8) is 0 Å². The Kier molecular flexibility index (Phi) is 5.92. The SMILES string of the molecule is CC(=O)NC1CN(C(=O)COc2ccc(F)cc2)CC1c1nc(-c2ccccc2)n[nH]1. The zero-order valence-electron chi connectivity index (χ0n) is 16.9. The molecule has 160 valence electrons. The quantitative estimate of drug-likeness (QED) is 0.633. The Bertz CT molecular complexity index is 1050. The molecule has 0 bridgehead atoms. The molecule has 2 unspecified atom stereocenters. The van der Waals surface area contributed by atoms with Gasteiger partial charge in [0.15, 0.2) is 12.4 Å². The van der Waals surface area contributed by atoms with Gasteiger partial charge in [0.25, 0.3) is 5.91 Å². The van der Waals surface area contributed by atoms with Gasteiger partial charge >= 0.3 is 0 Å². The van der Waals surface area contributed by atoms with E-state index in [1.807, 2.05) is 30.3 Å². The van der Waals surface area contributed by atoms with Gasteiger partial charge in [-0.15, -0.1) is 0 Å². The summed E-state index contributed by atoms with van der Waals surface area (Å²) >= 11 is 0. The van der Waals surface area contributed by atoms with Gasteiger partial charge in [-0.25, -0.2) is 9.37 Å². The average molecular weight is 423 g/mol. The van der Waals surface area contributed by atoms with Crippen molar-refractivity contribution in [3.8, 4) is 17.1 Å². The van der Waals surface area contributed by atoms with Gasteiger partial charge in [0.05, 0.1) is 12.0 Å². The number of aromatic nitrogens is 3. The van der Waals surface area contributed by atoms with Crippen molar-refractivity contribution >= 4 is 11.8 Å². The van der Waals surface area contributed by atoms with Gasteiger partial charge in [-0.1, -0.05) is 30.3 Å². The van der Waals surface area contributed by atoms with Crippen LogP contribution in [0, 0.1) is 5.82 Å². The average Bonchev–Trinajstić information content (AvgIpc) is 3.41. The van der Waals surface area contributed by atoms with Gasteiger partial charge in [0.1, 0.15) is 17.4 Å². The van der Waals surface area contributed by atoms with E-state index in [-0.39, 0.29) is 36.2 Å². The molecular formula is C22H22FN5O3. The van der Waals surface area contributed by atoms with E-state index in [1.165, 1.54) is 31.2 Å². The number of ether oxygens (including phenoxy) is 1. The van der Waals surface area contributed by atoms with Crippen molar-refractivity contribution in [2.24, 2.45) is 0 Å². The first-order valence-corrected chi connectivity index (χ1v) is 9.90. The molecule has 0 aliphatic carbocycles. The highest BCUT2D eigenvalue weighted by atomic mass is 19.1. The Labute approximate surface area is 178 Å². The summed E-state index contributed by atoms with van der Waals surface area (Å²) < 4.78 is 18.5. The van der Waals surface area contributed by atoms with Crippen LogP contribution in [0.15, 0.2) is 54.6 Å². The minimum Gasteiger partial charge on any atom is -0.484 e. The Hall–Kier alpha value is -3.75. The number of carbonyl (C=O) groups excluding carboxylic acids is 2. The van der Waals surface area contributed by atoms with Crippen LogP contribution in [0.1, 0.15) is 18.7 Å². The van der Waals surface area contributed by atoms with Gasteiger partial charge in [-0.3, -0.25) is 14.7 Å². The van der Waals surface area contributed by atoms with E-state index < -0.39 is 0 Å². The molecule has 0 spiro atoms. The van der Waals surface area contributed by atoms with Crippen LogP contribution in [0.25, 0.3) is 11.4 Å². The number of hydrogen-bond donors (Lipinski definition) is 2. The summed E-state index contributed by atoms with van der Waals surface area (Å²) in [4.78, 5) is 30.6. The number of amides is 2. The number of nitrogens with one attached hydrogen (secondary N) is 2. The van der Waals surface area contributed by atoms with Crippen molar-refractivity contribution < 1.29 is 18.7 Å². The zero-order valence-corrected chi connectivity index (χ0v) is 16.9. The first-order valence-electron chi connectivity index (χ1n) is 9.90. The van der Waals surface area contributed by atoms with Crippen molar-refractivity contribution in [1.29, 1.82) is 0 Å². The van der Waals surface area contributed by atoms with E-state index in [0.717, 1.165) is 5.56 Å². The molecule has 3 aromatic rings. The van der Waals surface area contributed by atoms with Gasteiger partial charge in [-0.2, -0.15) is 5.10 Å². The molecule has 1 aliphatic rings. The Morgan fingerprint density at radius 3 is 2.61 bits per heavy atom. The third-order valence-electron chi connectivity index (χ3n) is 5.12. The summed E-state index contributed by atoms with van der Waals surface area (Å²) in [5.74, 6) is 0.546. The number of likely N-dealkylation sites (tertiary alicyclic amines) is 1. The lowest BCUT2D eigenvalue weighted by Crippen LogP contribution is -2.40. The van der Waals surface area contributed by atoms with Crippen LogP contribution in [-0.2, 0) is 9.59 Å². The maximum absolute atomic E-state index is 13.0. The van der Waals surface area contributed by atoms with Crippen molar-refractivity contribution in [1.82, 2.24) is 25.4 Å². The highest BCUT2D eigenvalue weighted by molar-refractivity contribution is 5.79. The fourth-order valence-electron chi connectivity index (χ4n) is 3.62. The third-order valence-corrected chi connectivity index (χ3v) is 5.12. The summed E-state index contributed by atoms with van der Waals surface area (Å²) in [7, 11) is 0. The number of H-pyrrole nitrogens is 1. The second kappa shape index (κ2) is 8.95. The minimum absolute atomic E-state index is 0.184. The zero-order chi connectivity index (χ0) is 21.8. The maximum atomic E-state index is 13.0. The van der Waals surface area contributed by atoms with E-state index in [2.05, 4.69) is 20.5 Å². The summed E-state index contributed by atoms with van der Waals surface area (Å²) in [5.41, 5.74) is 0.875. The standard InChI is InChI=1S/C22H22FN5O3/c1-14(29)24-19-12-28(20(30)13-31-17-9-7-16(23)8-10-17)11-18(19)22-25-21(26-27-22)15-5-3-2-4-6-15/h2-10,18-19H,11-13H2,1H3,(H,24,29)(H,25,26,27). The number of benzene rings is 2. The van der Waals surface area contributed by atoms with E-state index in [4.69, 9.17) is 4.74 Å². The second-order valence-corrected chi connectivity index (χ2v) is 7.37. The molecule has 9 heteroatoms. The molecular weight excluding hydrogens is 401 g/mol. The number of aromatic amines is 1. The summed E-state index contributed by atoms with van der Waals surface area (Å²) in [6.07, 6.45) is 0. The molecule has 8 nitrogen and oxygen atoms in total. The minimum atomic E-state index is -0.374. The van der Waals surface area contributed by atoms with Gasteiger partial charge in [-0.05, 0) is 24.3 Å². The molecule has 2 amide bonds. The maximum Gasteiger partial charge on any atom is 0.260 e. The Morgan fingerprint density at radius 1 is 1.16 bits per heavy atom. The molecule has 0 saturated carbocycles. The van der Waals surface area contributed by atoms with Crippen LogP contribution >= 0.6 is 0 Å². The Balaban J connectivity index is 1.46. The summed E-state index contributed by atoms with van der Waals surface area (Å²) in [6.45, 7) is 1.95. The first kappa shape index (κ1) is 20.5. The third kappa shape index (κ3) is 4.88. The largest absolute Gasteiger partial charge is 0.484 e. The number of carbonyl (C=O) groups is 2. The predicted octanol–water partition coefficient (Wildman–Crippen LogP) is 2.12. The van der Waals surface area contributed by atoms with Crippen LogP contribution in [0.3, 0.4) is 0 Å². The number of hydrogen-bond acceptors (Lipinski definition) is 5. The van der Waals surface area contributed by atoms with Gasteiger partial charge < -0.3 is 15.0 Å². The lowest BCUT2D eigenvalue weighted by Gasteiger charge is -2.17. The molecule has 4 rings (SSSR count). The predicted molar refractivity (Wildman–Crippen MR) is 111 cm³/mol. The molecule has 0 radical (unpaired) electrons. The smallest absolute Gasteiger partial charge is 0.260 e. The van der Waals surface area contributed by atoms with E-state index in [1.54, 1.807) is 4.90 Å². The van der Waals surface area contributed by atoms with E-state index in [9.17, 15) is 14.0 Å². The topological polar surface area (TPSA) is 100 Å². The second-order valence-electron chi connectivity index (χ2n) is 7.37. The number of nitrogens with zero attached hydrogens (tertiary/aromatic N) is 3. The molecule has 1 aliphatic heterocycles. The van der Waals surface area contributed by atoms with Gasteiger partial charge in [0.2, 0.25) is 5.91 Å². The Morgan fingerprint density at radius 2 is 1.90 bits per heavy atom. The van der Waals surface area contributed by atoms with Crippen LogP contribution < -0.4 is 10.1 Å². The highest BCUT2D eigenvalue weighted by Gasteiger charge is 2.38. The number of halogens is 1. The van der Waals surface area contributed by atoms with Crippen molar-refractivity contribution in [2.45, 2.75) is 18.9 Å². The number of rotatable bonds is 6. The monoisotopic (exact) mass is 423 g/mol. The molecule has 2 heterocycles. The molecule has 2 N–H and O–H groups in total. The van der Waals surface area contributed by atoms with Crippen molar-refractivity contribution in [3.05, 3.63) is 66.2 Å². The molecule has 1 saturated heterocycles. The molecule has 31 heavy (non-hydrogen) atoms. The first-order chi connectivity index (χ1) is 15.0. The highest BCUT2D eigenvalue weighted by Crippen LogP contribution is 2.27.